The quantitative estimate of drug-likeness (QED) is 0.814. The summed E-state index contributed by atoms with van der Waals surface area (Å²) in [4.78, 5) is 1.49. The first kappa shape index (κ1) is 15.5. The summed E-state index contributed by atoms with van der Waals surface area (Å²) in [6.45, 7) is 2.86. The summed E-state index contributed by atoms with van der Waals surface area (Å²) in [7, 11) is -3.37. The maximum absolute atomic E-state index is 11.8. The van der Waals surface area contributed by atoms with Crippen LogP contribution in [0, 0.1) is 0 Å². The van der Waals surface area contributed by atoms with Gasteiger partial charge in [-0.05, 0) is 52.3 Å². The molecule has 0 aliphatic carbocycles. The zero-order valence-electron chi connectivity index (χ0n) is 10.9. The molecule has 0 fully saturated rings. The smallest absolute Gasteiger partial charge is 0.240 e. The van der Waals surface area contributed by atoms with Crippen molar-refractivity contribution in [3.8, 4) is 0 Å². The van der Waals surface area contributed by atoms with Crippen molar-refractivity contribution in [2.24, 2.45) is 0 Å². The highest BCUT2D eigenvalue weighted by atomic mass is 79.9. The summed E-state index contributed by atoms with van der Waals surface area (Å²) in [6.07, 6.45) is 0. The van der Waals surface area contributed by atoms with E-state index in [1.165, 1.54) is 4.88 Å². The lowest BCUT2D eigenvalue weighted by atomic mass is 10.3. The molecule has 0 spiro atoms. The average Bonchev–Trinajstić information content (AvgIpc) is 2.83. The Kier molecular flexibility index (Phi) is 5.20. The van der Waals surface area contributed by atoms with Gasteiger partial charge in [-0.3, -0.25) is 0 Å². The van der Waals surface area contributed by atoms with Gasteiger partial charge in [0, 0.05) is 23.7 Å². The van der Waals surface area contributed by atoms with Crippen molar-refractivity contribution in [1.29, 1.82) is 0 Å². The molecule has 0 bridgehead atoms. The second-order valence-corrected chi connectivity index (χ2v) is 8.40. The zero-order chi connectivity index (χ0) is 14.6. The minimum absolute atomic E-state index is 0.281. The average molecular weight is 375 g/mol. The van der Waals surface area contributed by atoms with Crippen molar-refractivity contribution in [3.63, 3.8) is 0 Å². The maximum Gasteiger partial charge on any atom is 0.240 e. The number of hydrogen-bond acceptors (Lipinski definition) is 4. The Bertz CT molecular complexity index is 666. The van der Waals surface area contributed by atoms with Crippen LogP contribution >= 0.6 is 27.3 Å². The third-order valence-electron chi connectivity index (χ3n) is 2.59. The number of sulfonamides is 1. The molecule has 2 aromatic rings. The molecule has 0 amide bonds. The lowest BCUT2D eigenvalue weighted by Crippen LogP contribution is -2.23. The number of thiophene rings is 1. The summed E-state index contributed by atoms with van der Waals surface area (Å²) >= 11 is 5.09. The van der Waals surface area contributed by atoms with E-state index in [2.05, 4.69) is 26.0 Å². The van der Waals surface area contributed by atoms with Gasteiger partial charge in [-0.15, -0.1) is 11.3 Å². The van der Waals surface area contributed by atoms with Crippen LogP contribution in [0.4, 0.5) is 5.69 Å². The molecule has 7 heteroatoms. The Morgan fingerprint density at radius 2 is 1.85 bits per heavy atom. The Labute approximate surface area is 131 Å². The Hall–Kier alpha value is -0.890. The van der Waals surface area contributed by atoms with Crippen LogP contribution in [0.2, 0.25) is 0 Å². The molecular formula is C13H15BrN2O2S2. The molecule has 20 heavy (non-hydrogen) atoms. The van der Waals surface area contributed by atoms with Crippen LogP contribution in [-0.4, -0.2) is 15.0 Å². The van der Waals surface area contributed by atoms with Crippen molar-refractivity contribution < 1.29 is 8.42 Å². The van der Waals surface area contributed by atoms with E-state index in [0.29, 0.717) is 6.54 Å². The van der Waals surface area contributed by atoms with Crippen LogP contribution in [0.25, 0.3) is 0 Å². The minimum Gasteiger partial charge on any atom is -0.380 e. The molecule has 0 aliphatic rings. The molecule has 0 atom stereocenters. The van der Waals surface area contributed by atoms with Crippen LogP contribution in [0.5, 0.6) is 0 Å². The molecule has 2 N–H and O–H groups in total. The zero-order valence-corrected chi connectivity index (χ0v) is 14.1. The maximum atomic E-state index is 11.8. The summed E-state index contributed by atoms with van der Waals surface area (Å²) in [5, 5.41) is 3.26. The van der Waals surface area contributed by atoms with Gasteiger partial charge in [-0.2, -0.15) is 0 Å². The second kappa shape index (κ2) is 6.71. The van der Waals surface area contributed by atoms with Crippen molar-refractivity contribution >= 4 is 43.0 Å². The van der Waals surface area contributed by atoms with Gasteiger partial charge in [0.05, 0.1) is 8.68 Å². The first-order chi connectivity index (χ1) is 9.51. The summed E-state index contributed by atoms with van der Waals surface area (Å²) in [5.74, 6) is 0. The molecule has 0 saturated carbocycles. The van der Waals surface area contributed by atoms with Gasteiger partial charge in [0.25, 0.3) is 0 Å². The van der Waals surface area contributed by atoms with Crippen molar-refractivity contribution in [1.82, 2.24) is 4.72 Å². The molecule has 1 aromatic carbocycles. The molecule has 1 heterocycles. The fourth-order valence-electron chi connectivity index (χ4n) is 1.66. The van der Waals surface area contributed by atoms with Gasteiger partial charge < -0.3 is 5.32 Å². The Balaban J connectivity index is 2.01. The van der Waals surface area contributed by atoms with Gasteiger partial charge >= 0.3 is 0 Å². The van der Waals surface area contributed by atoms with E-state index in [1.54, 1.807) is 42.5 Å². The Morgan fingerprint density at radius 3 is 2.40 bits per heavy atom. The largest absolute Gasteiger partial charge is 0.380 e. The van der Waals surface area contributed by atoms with Crippen LogP contribution in [0.3, 0.4) is 0 Å². The molecule has 0 aliphatic heterocycles. The minimum atomic E-state index is -3.37. The number of benzene rings is 1. The predicted molar refractivity (Wildman–Crippen MR) is 86.7 cm³/mol. The summed E-state index contributed by atoms with van der Waals surface area (Å²) in [5.41, 5.74) is 0.893. The number of rotatable bonds is 6. The molecule has 0 unspecified atom stereocenters. The topological polar surface area (TPSA) is 58.2 Å². The number of nitrogens with one attached hydrogen (secondary N) is 2. The Morgan fingerprint density at radius 1 is 1.15 bits per heavy atom. The van der Waals surface area contributed by atoms with Crippen LogP contribution in [0.15, 0.2) is 45.1 Å². The number of hydrogen-bond donors (Lipinski definition) is 2. The fourth-order valence-corrected chi connectivity index (χ4v) is 4.13. The van der Waals surface area contributed by atoms with Crippen LogP contribution in [0.1, 0.15) is 11.8 Å². The summed E-state index contributed by atoms with van der Waals surface area (Å²) < 4.78 is 27.1. The molecule has 2 rings (SSSR count). The molecule has 0 saturated heterocycles. The molecule has 108 valence electrons. The van der Waals surface area contributed by atoms with Crippen molar-refractivity contribution in [2.75, 3.05) is 11.9 Å². The number of halogens is 1. The van der Waals surface area contributed by atoms with Gasteiger partial charge in [0.1, 0.15) is 0 Å². The molecular weight excluding hydrogens is 360 g/mol. The van der Waals surface area contributed by atoms with Crippen molar-refractivity contribution in [2.45, 2.75) is 18.4 Å². The van der Waals surface area contributed by atoms with E-state index in [4.69, 9.17) is 0 Å². The molecule has 4 nitrogen and oxygen atoms in total. The fraction of sp³-hybridized carbons (Fsp3) is 0.231. The number of anilines is 1. The van der Waals surface area contributed by atoms with E-state index in [0.717, 1.165) is 16.0 Å². The monoisotopic (exact) mass is 374 g/mol. The highest BCUT2D eigenvalue weighted by Gasteiger charge is 2.11. The third kappa shape index (κ3) is 4.05. The van der Waals surface area contributed by atoms with Crippen LogP contribution in [-0.2, 0) is 16.6 Å². The van der Waals surface area contributed by atoms with Gasteiger partial charge in [-0.25, -0.2) is 13.1 Å². The first-order valence-electron chi connectivity index (χ1n) is 6.09. The highest BCUT2D eigenvalue weighted by molar-refractivity contribution is 9.11. The highest BCUT2D eigenvalue weighted by Crippen LogP contribution is 2.23. The van der Waals surface area contributed by atoms with Gasteiger partial charge in [0.15, 0.2) is 0 Å². The summed E-state index contributed by atoms with van der Waals surface area (Å²) in [6, 6.07) is 10.8. The standard InChI is InChI=1S/C13H15BrN2O2S2/c1-2-16-20(17,18)12-6-3-10(4-7-12)15-9-11-5-8-13(14)19-11/h3-8,15-16H,2,9H2,1H3. The third-order valence-corrected chi connectivity index (χ3v) is 5.78. The van der Waals surface area contributed by atoms with E-state index < -0.39 is 10.0 Å². The predicted octanol–water partition coefficient (Wildman–Crippen LogP) is 3.42. The molecule has 1 aromatic heterocycles. The lowest BCUT2D eigenvalue weighted by Gasteiger charge is -2.07. The lowest BCUT2D eigenvalue weighted by molar-refractivity contribution is 0.584. The molecule has 0 radical (unpaired) electrons. The normalized spacial score (nSPS) is 11.5. The van der Waals surface area contributed by atoms with E-state index in [-0.39, 0.29) is 4.90 Å². The first-order valence-corrected chi connectivity index (χ1v) is 9.18. The van der Waals surface area contributed by atoms with Gasteiger partial charge in [-0.1, -0.05) is 6.92 Å². The SMILES string of the molecule is CCNS(=O)(=O)c1ccc(NCc2ccc(Br)s2)cc1. The van der Waals surface area contributed by atoms with Gasteiger partial charge in [0.2, 0.25) is 10.0 Å². The van der Waals surface area contributed by atoms with Crippen LogP contribution < -0.4 is 10.0 Å². The van der Waals surface area contributed by atoms with Crippen molar-refractivity contribution in [3.05, 3.63) is 45.1 Å². The van der Waals surface area contributed by atoms with E-state index in [1.807, 2.05) is 12.1 Å². The second-order valence-electron chi connectivity index (χ2n) is 4.09. The van der Waals surface area contributed by atoms with E-state index in [9.17, 15) is 8.42 Å². The van der Waals surface area contributed by atoms with E-state index >= 15 is 0 Å².